The standard InChI is InChI=1S/C15H13F4N3O3/c1-8-7-22(10-4-2-9(16)3-5-10)21-12(8)13(23)20-11(14(24)25)6-15(17,18)19/h2-5,7,11H,6H2,1H3,(H,20,23)(H,24,25)/t11-/m1/s1. The molecule has 0 bridgehead atoms. The summed E-state index contributed by atoms with van der Waals surface area (Å²) in [6.45, 7) is 1.49. The van der Waals surface area contributed by atoms with E-state index in [-0.39, 0.29) is 5.69 Å². The molecule has 0 saturated heterocycles. The number of nitrogens with zero attached hydrogens (tertiary/aromatic N) is 2. The number of amides is 1. The maximum Gasteiger partial charge on any atom is 0.391 e. The first-order valence-electron chi connectivity index (χ1n) is 6.99. The lowest BCUT2D eigenvalue weighted by Crippen LogP contribution is -2.43. The summed E-state index contributed by atoms with van der Waals surface area (Å²) < 4.78 is 51.3. The summed E-state index contributed by atoms with van der Waals surface area (Å²) >= 11 is 0. The van der Waals surface area contributed by atoms with Gasteiger partial charge in [-0.2, -0.15) is 18.3 Å². The summed E-state index contributed by atoms with van der Waals surface area (Å²) in [5.41, 5.74) is 0.518. The predicted molar refractivity (Wildman–Crippen MR) is 77.8 cm³/mol. The Morgan fingerprint density at radius 1 is 1.28 bits per heavy atom. The number of carboxylic acid groups (broad SMARTS) is 1. The number of aromatic nitrogens is 2. The van der Waals surface area contributed by atoms with E-state index in [1.165, 1.54) is 42.1 Å². The van der Waals surface area contributed by atoms with Crippen molar-refractivity contribution in [3.05, 3.63) is 47.5 Å². The van der Waals surface area contributed by atoms with Gasteiger partial charge in [0.25, 0.3) is 5.91 Å². The number of aliphatic carboxylic acids is 1. The Kier molecular flexibility index (Phi) is 5.10. The second-order valence-electron chi connectivity index (χ2n) is 5.27. The second kappa shape index (κ2) is 6.91. The second-order valence-corrected chi connectivity index (χ2v) is 5.27. The summed E-state index contributed by atoms with van der Waals surface area (Å²) in [6.07, 6.45) is -5.04. The quantitative estimate of drug-likeness (QED) is 0.804. The molecule has 0 spiro atoms. The third-order valence-corrected chi connectivity index (χ3v) is 3.24. The number of carbonyl (C=O) groups excluding carboxylic acids is 1. The van der Waals surface area contributed by atoms with Gasteiger partial charge in [0, 0.05) is 11.8 Å². The molecular weight excluding hydrogens is 346 g/mol. The average Bonchev–Trinajstić information content (AvgIpc) is 2.88. The summed E-state index contributed by atoms with van der Waals surface area (Å²) in [5, 5.41) is 14.6. The predicted octanol–water partition coefficient (Wildman–Crippen LogP) is 2.46. The van der Waals surface area contributed by atoms with Crippen LogP contribution in [0.3, 0.4) is 0 Å². The SMILES string of the molecule is Cc1cn(-c2ccc(F)cc2)nc1C(=O)N[C@H](CC(F)(F)F)C(=O)O. The zero-order valence-corrected chi connectivity index (χ0v) is 12.8. The first-order valence-corrected chi connectivity index (χ1v) is 6.99. The molecule has 134 valence electrons. The van der Waals surface area contributed by atoms with Gasteiger partial charge in [-0.15, -0.1) is 0 Å². The molecule has 1 aromatic heterocycles. The highest BCUT2D eigenvalue weighted by molar-refractivity contribution is 5.96. The van der Waals surface area contributed by atoms with Crippen LogP contribution in [0.2, 0.25) is 0 Å². The highest BCUT2D eigenvalue weighted by atomic mass is 19.4. The molecule has 1 aromatic carbocycles. The molecule has 0 aliphatic heterocycles. The molecule has 0 radical (unpaired) electrons. The lowest BCUT2D eigenvalue weighted by molar-refractivity contribution is -0.157. The third-order valence-electron chi connectivity index (χ3n) is 3.24. The minimum absolute atomic E-state index is 0.224. The van der Waals surface area contributed by atoms with Crippen molar-refractivity contribution >= 4 is 11.9 Å². The molecule has 2 aromatic rings. The van der Waals surface area contributed by atoms with E-state index in [4.69, 9.17) is 5.11 Å². The molecule has 0 aliphatic carbocycles. The van der Waals surface area contributed by atoms with E-state index < -0.39 is 36.3 Å². The van der Waals surface area contributed by atoms with Crippen molar-refractivity contribution in [2.75, 3.05) is 0 Å². The van der Waals surface area contributed by atoms with Gasteiger partial charge in [-0.25, -0.2) is 13.9 Å². The molecule has 0 aliphatic rings. The molecule has 6 nitrogen and oxygen atoms in total. The Bertz CT molecular complexity index is 784. The molecule has 1 heterocycles. The van der Waals surface area contributed by atoms with Gasteiger partial charge in [-0.05, 0) is 31.2 Å². The largest absolute Gasteiger partial charge is 0.480 e. The molecule has 0 unspecified atom stereocenters. The minimum atomic E-state index is -4.75. The number of carbonyl (C=O) groups is 2. The third kappa shape index (κ3) is 4.78. The van der Waals surface area contributed by atoms with Crippen LogP contribution in [-0.2, 0) is 4.79 Å². The number of aryl methyl sites for hydroxylation is 1. The number of rotatable bonds is 5. The van der Waals surface area contributed by atoms with Crippen LogP contribution >= 0.6 is 0 Å². The summed E-state index contributed by atoms with van der Waals surface area (Å²) in [5.74, 6) is -3.32. The molecule has 2 N–H and O–H groups in total. The number of alkyl halides is 3. The number of benzene rings is 1. The fourth-order valence-corrected chi connectivity index (χ4v) is 2.07. The van der Waals surface area contributed by atoms with Crippen molar-refractivity contribution in [3.8, 4) is 5.69 Å². The number of hydrogen-bond acceptors (Lipinski definition) is 3. The van der Waals surface area contributed by atoms with Gasteiger partial charge in [0.1, 0.15) is 11.9 Å². The summed E-state index contributed by atoms with van der Waals surface area (Å²) in [6, 6.07) is 3.02. The number of carboxylic acids is 1. The first-order chi connectivity index (χ1) is 11.6. The molecule has 1 amide bonds. The van der Waals surface area contributed by atoms with Gasteiger partial charge in [0.05, 0.1) is 12.1 Å². The molecular formula is C15H13F4N3O3. The molecule has 1 atom stereocenters. The zero-order chi connectivity index (χ0) is 18.8. The lowest BCUT2D eigenvalue weighted by atomic mass is 10.2. The number of halogens is 4. The normalized spacial score (nSPS) is 12.7. The number of hydrogen-bond donors (Lipinski definition) is 2. The maximum absolute atomic E-state index is 12.9. The van der Waals surface area contributed by atoms with Gasteiger partial charge in [0.15, 0.2) is 5.69 Å². The molecule has 10 heteroatoms. The van der Waals surface area contributed by atoms with Gasteiger partial charge < -0.3 is 10.4 Å². The Hall–Kier alpha value is -2.91. The zero-order valence-electron chi connectivity index (χ0n) is 12.8. The monoisotopic (exact) mass is 359 g/mol. The average molecular weight is 359 g/mol. The van der Waals surface area contributed by atoms with E-state index in [0.29, 0.717) is 11.3 Å². The topological polar surface area (TPSA) is 84.2 Å². The van der Waals surface area contributed by atoms with Crippen LogP contribution in [0, 0.1) is 12.7 Å². The van der Waals surface area contributed by atoms with Crippen molar-refractivity contribution in [1.82, 2.24) is 15.1 Å². The van der Waals surface area contributed by atoms with Gasteiger partial charge in [0.2, 0.25) is 0 Å². The van der Waals surface area contributed by atoms with E-state index >= 15 is 0 Å². The molecule has 25 heavy (non-hydrogen) atoms. The van der Waals surface area contributed by atoms with Crippen molar-refractivity contribution < 1.29 is 32.3 Å². The van der Waals surface area contributed by atoms with Crippen LogP contribution in [0.15, 0.2) is 30.5 Å². The highest BCUT2D eigenvalue weighted by Crippen LogP contribution is 2.22. The fraction of sp³-hybridized carbons (Fsp3) is 0.267. The van der Waals surface area contributed by atoms with E-state index in [1.807, 2.05) is 5.32 Å². The van der Waals surface area contributed by atoms with Crippen molar-refractivity contribution in [3.63, 3.8) is 0 Å². The van der Waals surface area contributed by atoms with E-state index in [9.17, 15) is 27.2 Å². The van der Waals surface area contributed by atoms with Crippen LogP contribution in [0.4, 0.5) is 17.6 Å². The first kappa shape index (κ1) is 18.4. The minimum Gasteiger partial charge on any atom is -0.480 e. The van der Waals surface area contributed by atoms with Crippen LogP contribution < -0.4 is 5.32 Å². The van der Waals surface area contributed by atoms with E-state index in [2.05, 4.69) is 5.10 Å². The smallest absolute Gasteiger partial charge is 0.391 e. The van der Waals surface area contributed by atoms with Crippen molar-refractivity contribution in [2.45, 2.75) is 25.6 Å². The highest BCUT2D eigenvalue weighted by Gasteiger charge is 2.36. The van der Waals surface area contributed by atoms with Crippen LogP contribution in [-0.4, -0.2) is 39.0 Å². The van der Waals surface area contributed by atoms with Gasteiger partial charge >= 0.3 is 12.1 Å². The fourth-order valence-electron chi connectivity index (χ4n) is 2.07. The summed E-state index contributed by atoms with van der Waals surface area (Å²) in [4.78, 5) is 23.0. The number of nitrogens with one attached hydrogen (secondary N) is 1. The van der Waals surface area contributed by atoms with Crippen LogP contribution in [0.5, 0.6) is 0 Å². The Labute approximate surface area is 139 Å². The molecule has 0 saturated carbocycles. The van der Waals surface area contributed by atoms with Crippen LogP contribution in [0.1, 0.15) is 22.5 Å². The summed E-state index contributed by atoms with van der Waals surface area (Å²) in [7, 11) is 0. The van der Waals surface area contributed by atoms with Crippen LogP contribution in [0.25, 0.3) is 5.69 Å². The van der Waals surface area contributed by atoms with Gasteiger partial charge in [-0.1, -0.05) is 0 Å². The Morgan fingerprint density at radius 3 is 2.40 bits per heavy atom. The Morgan fingerprint density at radius 2 is 1.88 bits per heavy atom. The maximum atomic E-state index is 12.9. The molecule has 2 rings (SSSR count). The Balaban J connectivity index is 2.21. The lowest BCUT2D eigenvalue weighted by Gasteiger charge is -2.15. The molecule has 0 fully saturated rings. The van der Waals surface area contributed by atoms with E-state index in [0.717, 1.165) is 0 Å². The van der Waals surface area contributed by atoms with Crippen molar-refractivity contribution in [2.24, 2.45) is 0 Å². The van der Waals surface area contributed by atoms with Crippen molar-refractivity contribution in [1.29, 1.82) is 0 Å². The van der Waals surface area contributed by atoms with E-state index in [1.54, 1.807) is 0 Å². The van der Waals surface area contributed by atoms with Gasteiger partial charge in [-0.3, -0.25) is 4.79 Å².